The Kier molecular flexibility index (Phi) is 4.00. The van der Waals surface area contributed by atoms with Crippen LogP contribution in [0.1, 0.15) is 44.4 Å². The van der Waals surface area contributed by atoms with Gasteiger partial charge in [0.25, 0.3) is 0 Å². The number of nitrogens with two attached hydrogens (primary N) is 2. The minimum atomic E-state index is -0.00683. The first-order chi connectivity index (χ1) is 7.76. The van der Waals surface area contributed by atoms with E-state index in [1.807, 2.05) is 0 Å². The summed E-state index contributed by atoms with van der Waals surface area (Å²) in [4.78, 5) is 0. The summed E-state index contributed by atoms with van der Waals surface area (Å²) in [6.07, 6.45) is 0. The van der Waals surface area contributed by atoms with Gasteiger partial charge >= 0.3 is 0 Å². The van der Waals surface area contributed by atoms with Crippen LogP contribution in [0.25, 0.3) is 0 Å². The van der Waals surface area contributed by atoms with E-state index in [1.54, 1.807) is 0 Å². The predicted molar refractivity (Wildman–Crippen MR) is 75.3 cm³/mol. The lowest BCUT2D eigenvalue weighted by molar-refractivity contribution is 0.483. The SMILES string of the molecule is Cc1cccc(C(C)(C)CN)c1C(C)(C)CN. The van der Waals surface area contributed by atoms with Crippen molar-refractivity contribution < 1.29 is 0 Å². The van der Waals surface area contributed by atoms with E-state index in [9.17, 15) is 0 Å². The van der Waals surface area contributed by atoms with E-state index in [-0.39, 0.29) is 10.8 Å². The third kappa shape index (κ3) is 2.70. The number of rotatable bonds is 4. The standard InChI is InChI=1S/C15H26N2/c1-11-7-6-8-12(14(2,3)9-16)13(11)15(4,5)10-17/h6-8H,9-10,16-17H2,1-5H3. The smallest absolute Gasteiger partial charge is 0.00246 e. The predicted octanol–water partition coefficient (Wildman–Crippen LogP) is 2.47. The molecule has 1 rings (SSSR count). The van der Waals surface area contributed by atoms with E-state index in [2.05, 4.69) is 52.8 Å². The van der Waals surface area contributed by atoms with E-state index < -0.39 is 0 Å². The third-order valence-corrected chi connectivity index (χ3v) is 3.70. The van der Waals surface area contributed by atoms with Gasteiger partial charge in [0.05, 0.1) is 0 Å². The lowest BCUT2D eigenvalue weighted by Crippen LogP contribution is -2.36. The minimum Gasteiger partial charge on any atom is -0.330 e. The molecule has 0 aliphatic carbocycles. The van der Waals surface area contributed by atoms with Crippen molar-refractivity contribution in [3.05, 3.63) is 34.9 Å². The quantitative estimate of drug-likeness (QED) is 0.841. The average Bonchev–Trinajstić information content (AvgIpc) is 2.28. The van der Waals surface area contributed by atoms with Crippen molar-refractivity contribution in [1.29, 1.82) is 0 Å². The van der Waals surface area contributed by atoms with Gasteiger partial charge in [-0.05, 0) is 23.6 Å². The van der Waals surface area contributed by atoms with E-state index >= 15 is 0 Å². The molecule has 0 amide bonds. The van der Waals surface area contributed by atoms with Crippen LogP contribution in [0.5, 0.6) is 0 Å². The Hall–Kier alpha value is -0.860. The van der Waals surface area contributed by atoms with Gasteiger partial charge in [0.2, 0.25) is 0 Å². The molecule has 0 aliphatic rings. The summed E-state index contributed by atoms with van der Waals surface area (Å²) in [5, 5.41) is 0. The molecular weight excluding hydrogens is 208 g/mol. The van der Waals surface area contributed by atoms with Crippen LogP contribution in [0, 0.1) is 6.92 Å². The monoisotopic (exact) mass is 234 g/mol. The minimum absolute atomic E-state index is 0.00616. The largest absolute Gasteiger partial charge is 0.330 e. The highest BCUT2D eigenvalue weighted by Crippen LogP contribution is 2.35. The zero-order valence-electron chi connectivity index (χ0n) is 11.8. The molecule has 0 aliphatic heterocycles. The molecule has 1 aromatic rings. The molecule has 4 N–H and O–H groups in total. The van der Waals surface area contributed by atoms with Crippen LogP contribution in [-0.2, 0) is 10.8 Å². The van der Waals surface area contributed by atoms with Crippen molar-refractivity contribution in [2.24, 2.45) is 11.5 Å². The normalized spacial score (nSPS) is 12.9. The maximum absolute atomic E-state index is 5.93. The first-order valence-corrected chi connectivity index (χ1v) is 6.27. The highest BCUT2D eigenvalue weighted by Gasteiger charge is 2.30. The molecule has 0 atom stereocenters. The van der Waals surface area contributed by atoms with E-state index in [1.165, 1.54) is 16.7 Å². The molecule has 0 unspecified atom stereocenters. The van der Waals surface area contributed by atoms with Crippen LogP contribution in [-0.4, -0.2) is 13.1 Å². The van der Waals surface area contributed by atoms with Gasteiger partial charge in [-0.2, -0.15) is 0 Å². The van der Waals surface area contributed by atoms with Crippen LogP contribution in [0.3, 0.4) is 0 Å². The van der Waals surface area contributed by atoms with E-state index in [4.69, 9.17) is 11.5 Å². The number of hydrogen-bond acceptors (Lipinski definition) is 2. The molecule has 0 saturated heterocycles. The summed E-state index contributed by atoms with van der Waals surface area (Å²) in [5.74, 6) is 0. The van der Waals surface area contributed by atoms with Crippen LogP contribution in [0.15, 0.2) is 18.2 Å². The molecule has 2 heteroatoms. The van der Waals surface area contributed by atoms with Gasteiger partial charge in [-0.1, -0.05) is 45.9 Å². The Morgan fingerprint density at radius 3 is 1.94 bits per heavy atom. The summed E-state index contributed by atoms with van der Waals surface area (Å²) in [6, 6.07) is 6.45. The summed E-state index contributed by atoms with van der Waals surface area (Å²) in [5.41, 5.74) is 15.8. The van der Waals surface area contributed by atoms with Gasteiger partial charge in [-0.15, -0.1) is 0 Å². The Morgan fingerprint density at radius 2 is 1.47 bits per heavy atom. The molecule has 0 spiro atoms. The van der Waals surface area contributed by atoms with Crippen molar-refractivity contribution in [1.82, 2.24) is 0 Å². The average molecular weight is 234 g/mol. The summed E-state index contributed by atoms with van der Waals surface area (Å²) in [6.45, 7) is 12.2. The summed E-state index contributed by atoms with van der Waals surface area (Å²) in [7, 11) is 0. The molecule has 0 radical (unpaired) electrons. The third-order valence-electron chi connectivity index (χ3n) is 3.70. The molecule has 2 nitrogen and oxygen atoms in total. The van der Waals surface area contributed by atoms with Gasteiger partial charge in [0.1, 0.15) is 0 Å². The zero-order valence-corrected chi connectivity index (χ0v) is 11.8. The molecule has 1 aromatic carbocycles. The van der Waals surface area contributed by atoms with Gasteiger partial charge in [0.15, 0.2) is 0 Å². The van der Waals surface area contributed by atoms with Gasteiger partial charge < -0.3 is 11.5 Å². The van der Waals surface area contributed by atoms with Crippen molar-refractivity contribution >= 4 is 0 Å². The molecular formula is C15H26N2. The van der Waals surface area contributed by atoms with E-state index in [0.717, 1.165) is 0 Å². The van der Waals surface area contributed by atoms with Crippen molar-refractivity contribution in [2.45, 2.75) is 45.4 Å². The Bertz CT molecular complexity index is 392. The van der Waals surface area contributed by atoms with Crippen LogP contribution < -0.4 is 11.5 Å². The maximum Gasteiger partial charge on any atom is 0.00246 e. The van der Waals surface area contributed by atoms with Crippen molar-refractivity contribution in [3.63, 3.8) is 0 Å². The van der Waals surface area contributed by atoms with Gasteiger partial charge in [-0.3, -0.25) is 0 Å². The van der Waals surface area contributed by atoms with Crippen LogP contribution in [0.4, 0.5) is 0 Å². The lowest BCUT2D eigenvalue weighted by atomic mass is 9.72. The Morgan fingerprint density at radius 1 is 0.941 bits per heavy atom. The fourth-order valence-corrected chi connectivity index (χ4v) is 2.34. The highest BCUT2D eigenvalue weighted by atomic mass is 14.6. The maximum atomic E-state index is 5.93. The first-order valence-electron chi connectivity index (χ1n) is 6.27. The fraction of sp³-hybridized carbons (Fsp3) is 0.600. The lowest BCUT2D eigenvalue weighted by Gasteiger charge is -2.34. The Labute approximate surface area is 105 Å². The summed E-state index contributed by atoms with van der Waals surface area (Å²) < 4.78 is 0. The first kappa shape index (κ1) is 14.2. The Balaban J connectivity index is 3.48. The zero-order chi connectivity index (χ0) is 13.3. The second-order valence-corrected chi connectivity index (χ2v) is 6.17. The molecule has 17 heavy (non-hydrogen) atoms. The van der Waals surface area contributed by atoms with Crippen molar-refractivity contribution in [2.75, 3.05) is 13.1 Å². The van der Waals surface area contributed by atoms with Crippen molar-refractivity contribution in [3.8, 4) is 0 Å². The number of benzene rings is 1. The molecule has 0 bridgehead atoms. The van der Waals surface area contributed by atoms with E-state index in [0.29, 0.717) is 13.1 Å². The molecule has 0 fully saturated rings. The highest BCUT2D eigenvalue weighted by molar-refractivity contribution is 5.44. The second kappa shape index (κ2) is 4.79. The van der Waals surface area contributed by atoms with Crippen LogP contribution in [0.2, 0.25) is 0 Å². The molecule has 0 heterocycles. The molecule has 0 aromatic heterocycles. The molecule has 0 saturated carbocycles. The summed E-state index contributed by atoms with van der Waals surface area (Å²) >= 11 is 0. The second-order valence-electron chi connectivity index (χ2n) is 6.17. The molecule has 96 valence electrons. The van der Waals surface area contributed by atoms with Gasteiger partial charge in [0, 0.05) is 23.9 Å². The number of hydrogen-bond donors (Lipinski definition) is 2. The topological polar surface area (TPSA) is 52.0 Å². The fourth-order valence-electron chi connectivity index (χ4n) is 2.34. The number of aryl methyl sites for hydroxylation is 1. The van der Waals surface area contributed by atoms with Gasteiger partial charge in [-0.25, -0.2) is 0 Å². The van der Waals surface area contributed by atoms with Crippen LogP contribution >= 0.6 is 0 Å².